The lowest BCUT2D eigenvalue weighted by Gasteiger charge is -2.15. The van der Waals surface area contributed by atoms with E-state index in [1.165, 1.54) is 0 Å². The first-order chi connectivity index (χ1) is 13.5. The van der Waals surface area contributed by atoms with Crippen LogP contribution >= 0.6 is 27.3 Å². The monoisotopic (exact) mass is 464 g/mol. The number of halogens is 1. The number of anilines is 2. The Labute approximate surface area is 176 Å². The molecule has 0 aliphatic rings. The summed E-state index contributed by atoms with van der Waals surface area (Å²) >= 11 is 5.20. The molecule has 0 saturated heterocycles. The van der Waals surface area contributed by atoms with E-state index in [1.807, 2.05) is 6.92 Å². The van der Waals surface area contributed by atoms with Crippen LogP contribution in [0.2, 0.25) is 0 Å². The topological polar surface area (TPSA) is 78.4 Å². The number of aryl methyl sites for hydroxylation is 2. The van der Waals surface area contributed by atoms with Gasteiger partial charge in [0.1, 0.15) is 5.69 Å². The fourth-order valence-corrected chi connectivity index (χ4v) is 4.22. The van der Waals surface area contributed by atoms with Gasteiger partial charge in [0, 0.05) is 24.0 Å². The first-order valence-electron chi connectivity index (χ1n) is 8.56. The number of benzene rings is 1. The second-order valence-electron chi connectivity index (χ2n) is 5.80. The number of rotatable bonds is 7. The summed E-state index contributed by atoms with van der Waals surface area (Å²) in [6.45, 7) is 4.08. The number of nitrogens with one attached hydrogen (secondary N) is 1. The van der Waals surface area contributed by atoms with E-state index < -0.39 is 0 Å². The zero-order valence-electron chi connectivity index (χ0n) is 16.3. The molecular weight excluding hydrogens is 444 g/mol. The molecule has 1 N–H and O–H groups in total. The molecule has 0 bridgehead atoms. The molecule has 0 aliphatic carbocycles. The minimum absolute atomic E-state index is 0.457. The average molecular weight is 465 g/mol. The summed E-state index contributed by atoms with van der Waals surface area (Å²) in [5.74, 6) is 2.08. The molecule has 0 atom stereocenters. The molecule has 3 rings (SSSR count). The van der Waals surface area contributed by atoms with Crippen molar-refractivity contribution < 1.29 is 14.2 Å². The highest BCUT2D eigenvalue weighted by Gasteiger charge is 2.17. The van der Waals surface area contributed by atoms with E-state index in [0.29, 0.717) is 23.2 Å². The number of hydrogen-bond acceptors (Lipinski definition) is 8. The molecule has 0 saturated carbocycles. The molecule has 28 heavy (non-hydrogen) atoms. The van der Waals surface area contributed by atoms with Gasteiger partial charge >= 0.3 is 0 Å². The maximum absolute atomic E-state index is 5.40. The molecule has 0 radical (unpaired) electrons. The molecule has 0 fully saturated rings. The number of hydrogen-bond donors (Lipinski definition) is 1. The van der Waals surface area contributed by atoms with E-state index in [9.17, 15) is 0 Å². The maximum atomic E-state index is 5.40. The van der Waals surface area contributed by atoms with Gasteiger partial charge in [-0.2, -0.15) is 0 Å². The van der Waals surface area contributed by atoms with E-state index in [1.54, 1.807) is 51.0 Å². The van der Waals surface area contributed by atoms with E-state index in [-0.39, 0.29) is 0 Å². The van der Waals surface area contributed by atoms with Crippen molar-refractivity contribution in [1.29, 1.82) is 0 Å². The van der Waals surface area contributed by atoms with Crippen molar-refractivity contribution >= 4 is 38.9 Å². The van der Waals surface area contributed by atoms with Gasteiger partial charge in [-0.1, -0.05) is 6.92 Å². The standard InChI is InChI=1S/C19H21BrN4O3S/c1-6-15-22-10(2)18(28-15)16-12(20)9-21-19(24-16)23-11-7-13(25-3)17(27-5)14(8-11)26-4/h7-9H,6H2,1-5H3,(H,21,23,24). The Morgan fingerprint density at radius 3 is 2.29 bits per heavy atom. The van der Waals surface area contributed by atoms with Crippen LogP contribution in [0.3, 0.4) is 0 Å². The molecule has 0 unspecified atom stereocenters. The summed E-state index contributed by atoms with van der Waals surface area (Å²) < 4.78 is 17.0. The quantitative estimate of drug-likeness (QED) is 0.526. The van der Waals surface area contributed by atoms with Crippen LogP contribution in [0, 0.1) is 6.92 Å². The highest BCUT2D eigenvalue weighted by molar-refractivity contribution is 9.10. The van der Waals surface area contributed by atoms with Crippen LogP contribution in [0.5, 0.6) is 17.2 Å². The van der Waals surface area contributed by atoms with Crippen LogP contribution in [0.25, 0.3) is 10.6 Å². The molecule has 2 aromatic heterocycles. The summed E-state index contributed by atoms with van der Waals surface area (Å²) in [4.78, 5) is 14.7. The van der Waals surface area contributed by atoms with Gasteiger partial charge in [0.15, 0.2) is 11.5 Å². The van der Waals surface area contributed by atoms with Crippen LogP contribution in [-0.4, -0.2) is 36.3 Å². The third kappa shape index (κ3) is 4.05. The van der Waals surface area contributed by atoms with Crippen molar-refractivity contribution in [3.63, 3.8) is 0 Å². The molecule has 1 aromatic carbocycles. The number of nitrogens with zero attached hydrogens (tertiary/aromatic N) is 3. The van der Waals surface area contributed by atoms with Crippen LogP contribution in [0.1, 0.15) is 17.6 Å². The minimum atomic E-state index is 0.457. The van der Waals surface area contributed by atoms with Crippen LogP contribution < -0.4 is 19.5 Å². The number of ether oxygens (including phenoxy) is 3. The second kappa shape index (κ2) is 8.74. The predicted molar refractivity (Wildman–Crippen MR) is 114 cm³/mol. The van der Waals surface area contributed by atoms with E-state index in [4.69, 9.17) is 14.2 Å². The molecular formula is C19H21BrN4O3S. The number of methoxy groups -OCH3 is 3. The van der Waals surface area contributed by atoms with Crippen molar-refractivity contribution in [1.82, 2.24) is 15.0 Å². The lowest BCUT2D eigenvalue weighted by molar-refractivity contribution is 0.324. The van der Waals surface area contributed by atoms with E-state index >= 15 is 0 Å². The summed E-state index contributed by atoms with van der Waals surface area (Å²) in [5, 5.41) is 4.29. The first kappa shape index (κ1) is 20.3. The lowest BCUT2D eigenvalue weighted by atomic mass is 10.2. The predicted octanol–water partition coefficient (Wildman–Crippen LogP) is 5.00. The molecule has 0 aliphatic heterocycles. The van der Waals surface area contributed by atoms with Crippen molar-refractivity contribution in [3.8, 4) is 27.8 Å². The Morgan fingerprint density at radius 1 is 1.07 bits per heavy atom. The van der Waals surface area contributed by atoms with Gasteiger partial charge in [0.25, 0.3) is 0 Å². The lowest BCUT2D eigenvalue weighted by Crippen LogP contribution is -2.01. The Balaban J connectivity index is 1.99. The molecule has 148 valence electrons. The molecule has 2 heterocycles. The van der Waals surface area contributed by atoms with Gasteiger partial charge < -0.3 is 19.5 Å². The van der Waals surface area contributed by atoms with Gasteiger partial charge in [0.05, 0.1) is 41.4 Å². The molecule has 3 aromatic rings. The van der Waals surface area contributed by atoms with Gasteiger partial charge in [-0.25, -0.2) is 15.0 Å². The number of aromatic nitrogens is 3. The van der Waals surface area contributed by atoms with Gasteiger partial charge in [-0.15, -0.1) is 11.3 Å². The number of thiazole rings is 1. The third-order valence-corrected chi connectivity index (χ3v) is 5.91. The molecule has 9 heteroatoms. The highest BCUT2D eigenvalue weighted by atomic mass is 79.9. The third-order valence-electron chi connectivity index (χ3n) is 4.02. The largest absolute Gasteiger partial charge is 0.493 e. The highest BCUT2D eigenvalue weighted by Crippen LogP contribution is 2.41. The van der Waals surface area contributed by atoms with Crippen molar-refractivity contribution in [3.05, 3.63) is 33.5 Å². The van der Waals surface area contributed by atoms with E-state index in [0.717, 1.165) is 37.9 Å². The fourth-order valence-electron chi connectivity index (χ4n) is 2.69. The minimum Gasteiger partial charge on any atom is -0.493 e. The summed E-state index contributed by atoms with van der Waals surface area (Å²) in [6, 6.07) is 3.61. The Morgan fingerprint density at radius 2 is 1.75 bits per heavy atom. The Bertz CT molecular complexity index is 968. The van der Waals surface area contributed by atoms with Crippen molar-refractivity contribution in [2.24, 2.45) is 0 Å². The maximum Gasteiger partial charge on any atom is 0.227 e. The zero-order valence-corrected chi connectivity index (χ0v) is 18.7. The molecule has 0 amide bonds. The van der Waals surface area contributed by atoms with Gasteiger partial charge in [-0.3, -0.25) is 0 Å². The summed E-state index contributed by atoms with van der Waals surface area (Å²) in [6.07, 6.45) is 2.62. The normalized spacial score (nSPS) is 10.6. The summed E-state index contributed by atoms with van der Waals surface area (Å²) in [5.41, 5.74) is 2.48. The van der Waals surface area contributed by atoms with Crippen LogP contribution in [0.15, 0.2) is 22.8 Å². The smallest absolute Gasteiger partial charge is 0.227 e. The van der Waals surface area contributed by atoms with Crippen LogP contribution in [-0.2, 0) is 6.42 Å². The second-order valence-corrected chi connectivity index (χ2v) is 7.74. The van der Waals surface area contributed by atoms with Crippen molar-refractivity contribution in [2.75, 3.05) is 26.6 Å². The van der Waals surface area contributed by atoms with Crippen molar-refractivity contribution in [2.45, 2.75) is 20.3 Å². The Kier molecular flexibility index (Phi) is 6.35. The SMILES string of the molecule is CCc1nc(C)c(-c2nc(Nc3cc(OC)c(OC)c(OC)c3)ncc2Br)s1. The average Bonchev–Trinajstić information content (AvgIpc) is 3.09. The zero-order chi connectivity index (χ0) is 20.3. The summed E-state index contributed by atoms with van der Waals surface area (Å²) in [7, 11) is 4.72. The molecule has 0 spiro atoms. The van der Waals surface area contributed by atoms with Gasteiger partial charge in [-0.05, 0) is 29.3 Å². The molecule has 7 nitrogen and oxygen atoms in total. The van der Waals surface area contributed by atoms with E-state index in [2.05, 4.69) is 43.1 Å². The Hall–Kier alpha value is -2.39. The first-order valence-corrected chi connectivity index (χ1v) is 10.2. The van der Waals surface area contributed by atoms with Gasteiger partial charge in [0.2, 0.25) is 11.7 Å². The fraction of sp³-hybridized carbons (Fsp3) is 0.316. The van der Waals surface area contributed by atoms with Crippen LogP contribution in [0.4, 0.5) is 11.6 Å².